The van der Waals surface area contributed by atoms with Gasteiger partial charge >= 0.3 is 0 Å². The van der Waals surface area contributed by atoms with E-state index in [4.69, 9.17) is 15.9 Å². The van der Waals surface area contributed by atoms with Gasteiger partial charge in [-0.05, 0) is 37.0 Å². The zero-order valence-corrected chi connectivity index (χ0v) is 13.2. The Hall–Kier alpha value is -2.15. The number of carbonyl (C=O) groups is 1. The highest BCUT2D eigenvalue weighted by Crippen LogP contribution is 2.29. The first-order valence-corrected chi connectivity index (χ1v) is 7.71. The van der Waals surface area contributed by atoms with Crippen LogP contribution in [0.15, 0.2) is 18.2 Å². The topological polar surface area (TPSA) is 47.6 Å². The third-order valence-electron chi connectivity index (χ3n) is 4.16. The number of nitrogens with one attached hydrogen (secondary N) is 1. The number of benzene rings is 1. The van der Waals surface area contributed by atoms with Gasteiger partial charge in [-0.3, -0.25) is 4.79 Å². The summed E-state index contributed by atoms with van der Waals surface area (Å²) in [6, 6.07) is 5.39. The highest BCUT2D eigenvalue weighted by atomic mass is 16.5. The average molecular weight is 301 g/mol. The minimum Gasteiger partial charge on any atom is -0.493 e. The van der Waals surface area contributed by atoms with Crippen molar-refractivity contribution < 1.29 is 14.3 Å². The van der Waals surface area contributed by atoms with Crippen LogP contribution in [0.4, 0.5) is 0 Å². The van der Waals surface area contributed by atoms with E-state index in [1.807, 2.05) is 0 Å². The molecule has 0 spiro atoms. The van der Waals surface area contributed by atoms with Gasteiger partial charge in [-0.15, -0.1) is 6.42 Å². The fourth-order valence-corrected chi connectivity index (χ4v) is 2.83. The van der Waals surface area contributed by atoms with E-state index in [2.05, 4.69) is 18.2 Å². The van der Waals surface area contributed by atoms with Gasteiger partial charge in [0.25, 0.3) is 5.91 Å². The number of carbonyl (C=O) groups excluding carboxylic acids is 1. The van der Waals surface area contributed by atoms with E-state index in [-0.39, 0.29) is 18.6 Å². The van der Waals surface area contributed by atoms with Crippen LogP contribution in [0.2, 0.25) is 0 Å². The second-order valence-corrected chi connectivity index (χ2v) is 5.70. The molecule has 0 aromatic heterocycles. The van der Waals surface area contributed by atoms with Gasteiger partial charge in [0.2, 0.25) is 0 Å². The number of amides is 1. The van der Waals surface area contributed by atoms with E-state index in [0.29, 0.717) is 23.0 Å². The molecule has 1 saturated carbocycles. The Bertz CT molecular complexity index is 562. The van der Waals surface area contributed by atoms with E-state index >= 15 is 0 Å². The van der Waals surface area contributed by atoms with Crippen LogP contribution in [-0.2, 0) is 0 Å². The molecule has 1 amide bonds. The quantitative estimate of drug-likeness (QED) is 0.850. The van der Waals surface area contributed by atoms with Crippen LogP contribution >= 0.6 is 0 Å². The number of hydrogen-bond donors (Lipinski definition) is 1. The zero-order chi connectivity index (χ0) is 15.9. The van der Waals surface area contributed by atoms with Crippen LogP contribution < -0.4 is 14.8 Å². The molecule has 1 aliphatic carbocycles. The van der Waals surface area contributed by atoms with Crippen molar-refractivity contribution in [1.82, 2.24) is 5.32 Å². The van der Waals surface area contributed by atoms with Crippen molar-refractivity contribution in [3.05, 3.63) is 23.8 Å². The molecule has 22 heavy (non-hydrogen) atoms. The van der Waals surface area contributed by atoms with Gasteiger partial charge in [0.05, 0.1) is 7.11 Å². The van der Waals surface area contributed by atoms with E-state index in [1.54, 1.807) is 25.3 Å². The van der Waals surface area contributed by atoms with Gasteiger partial charge in [-0.25, -0.2) is 0 Å². The summed E-state index contributed by atoms with van der Waals surface area (Å²) < 4.78 is 10.7. The number of hydrogen-bond acceptors (Lipinski definition) is 3. The Morgan fingerprint density at radius 1 is 1.36 bits per heavy atom. The van der Waals surface area contributed by atoms with Gasteiger partial charge in [0.1, 0.15) is 6.61 Å². The molecule has 1 aliphatic rings. The number of rotatable bonds is 5. The molecule has 2 rings (SSSR count). The smallest absolute Gasteiger partial charge is 0.251 e. The van der Waals surface area contributed by atoms with E-state index in [0.717, 1.165) is 6.42 Å². The monoisotopic (exact) mass is 301 g/mol. The number of ether oxygens (including phenoxy) is 2. The van der Waals surface area contributed by atoms with Gasteiger partial charge in [0.15, 0.2) is 11.5 Å². The lowest BCUT2D eigenvalue weighted by Crippen LogP contribution is -2.41. The van der Waals surface area contributed by atoms with Gasteiger partial charge in [-0.2, -0.15) is 0 Å². The maximum absolute atomic E-state index is 12.4. The molecule has 1 N–H and O–H groups in total. The molecule has 4 heteroatoms. The first kappa shape index (κ1) is 16.2. The summed E-state index contributed by atoms with van der Waals surface area (Å²) in [7, 11) is 1.54. The molecule has 118 valence electrons. The molecule has 1 fully saturated rings. The van der Waals surface area contributed by atoms with Gasteiger partial charge < -0.3 is 14.8 Å². The highest BCUT2D eigenvalue weighted by Gasteiger charge is 2.23. The Morgan fingerprint density at radius 2 is 2.14 bits per heavy atom. The molecule has 4 nitrogen and oxygen atoms in total. The lowest BCUT2D eigenvalue weighted by atomic mass is 9.86. The minimum atomic E-state index is -0.0689. The first-order valence-electron chi connectivity index (χ1n) is 7.71. The second kappa shape index (κ2) is 7.74. The van der Waals surface area contributed by atoms with Crippen LogP contribution in [0.25, 0.3) is 0 Å². The Balaban J connectivity index is 2.07. The van der Waals surface area contributed by atoms with Crippen molar-refractivity contribution in [1.29, 1.82) is 0 Å². The van der Waals surface area contributed by atoms with Crippen molar-refractivity contribution in [2.75, 3.05) is 13.7 Å². The molecular formula is C18H23NO3. The molecule has 1 aromatic rings. The fraction of sp³-hybridized carbons (Fsp3) is 0.500. The molecular weight excluding hydrogens is 278 g/mol. The molecule has 2 atom stereocenters. The first-order chi connectivity index (χ1) is 10.7. The third kappa shape index (κ3) is 3.94. The zero-order valence-electron chi connectivity index (χ0n) is 13.2. The van der Waals surface area contributed by atoms with Crippen molar-refractivity contribution in [3.63, 3.8) is 0 Å². The van der Waals surface area contributed by atoms with E-state index < -0.39 is 0 Å². The predicted octanol–water partition coefficient (Wildman–Crippen LogP) is 3.02. The largest absolute Gasteiger partial charge is 0.493 e. The van der Waals surface area contributed by atoms with Crippen molar-refractivity contribution in [2.45, 2.75) is 38.6 Å². The molecule has 0 aliphatic heterocycles. The standard InChI is InChI=1S/C18H23NO3/c1-4-11-22-16-10-9-14(12-17(16)21-3)18(20)19-15-8-6-5-7-13(15)2/h1,9-10,12-13,15H,5-8,11H2,2-3H3,(H,19,20)/t13-,15+/m0/s1. The normalized spacial score (nSPS) is 20.8. The Morgan fingerprint density at radius 3 is 2.82 bits per heavy atom. The van der Waals surface area contributed by atoms with E-state index in [9.17, 15) is 4.79 Å². The van der Waals surface area contributed by atoms with E-state index in [1.165, 1.54) is 19.3 Å². The fourth-order valence-electron chi connectivity index (χ4n) is 2.83. The Labute approximate surface area is 132 Å². The maximum atomic E-state index is 12.4. The number of methoxy groups -OCH3 is 1. The number of terminal acetylenes is 1. The van der Waals surface area contributed by atoms with Crippen LogP contribution in [0, 0.1) is 18.3 Å². The predicted molar refractivity (Wildman–Crippen MR) is 86.2 cm³/mol. The van der Waals surface area contributed by atoms with Crippen LogP contribution in [-0.4, -0.2) is 25.7 Å². The SMILES string of the molecule is C#CCOc1ccc(C(=O)N[C@@H]2CCCC[C@@H]2C)cc1OC. The minimum absolute atomic E-state index is 0.0689. The molecule has 0 saturated heterocycles. The maximum Gasteiger partial charge on any atom is 0.251 e. The highest BCUT2D eigenvalue weighted by molar-refractivity contribution is 5.95. The van der Waals surface area contributed by atoms with Crippen molar-refractivity contribution >= 4 is 5.91 Å². The van der Waals surface area contributed by atoms with Crippen LogP contribution in [0.5, 0.6) is 11.5 Å². The molecule has 0 bridgehead atoms. The van der Waals surface area contributed by atoms with Gasteiger partial charge in [0, 0.05) is 11.6 Å². The summed E-state index contributed by atoms with van der Waals surface area (Å²) in [5.74, 6) is 3.92. The Kier molecular flexibility index (Phi) is 5.71. The molecule has 1 aromatic carbocycles. The van der Waals surface area contributed by atoms with Crippen LogP contribution in [0.3, 0.4) is 0 Å². The second-order valence-electron chi connectivity index (χ2n) is 5.70. The summed E-state index contributed by atoms with van der Waals surface area (Å²) in [6.07, 6.45) is 9.84. The van der Waals surface area contributed by atoms with Crippen molar-refractivity contribution in [3.8, 4) is 23.8 Å². The summed E-state index contributed by atoms with van der Waals surface area (Å²) in [6.45, 7) is 2.36. The third-order valence-corrected chi connectivity index (χ3v) is 4.16. The summed E-state index contributed by atoms with van der Waals surface area (Å²) in [5, 5.41) is 3.13. The molecule has 0 heterocycles. The van der Waals surface area contributed by atoms with Gasteiger partial charge in [-0.1, -0.05) is 25.7 Å². The lowest BCUT2D eigenvalue weighted by Gasteiger charge is -2.29. The summed E-state index contributed by atoms with van der Waals surface area (Å²) in [4.78, 5) is 12.4. The summed E-state index contributed by atoms with van der Waals surface area (Å²) in [5.41, 5.74) is 0.572. The van der Waals surface area contributed by atoms with Crippen LogP contribution in [0.1, 0.15) is 43.0 Å². The molecule has 0 unspecified atom stereocenters. The lowest BCUT2D eigenvalue weighted by molar-refractivity contribution is 0.0910. The average Bonchev–Trinajstić information content (AvgIpc) is 2.54. The van der Waals surface area contributed by atoms with Crippen molar-refractivity contribution in [2.24, 2.45) is 5.92 Å². The molecule has 0 radical (unpaired) electrons. The summed E-state index contributed by atoms with van der Waals surface area (Å²) >= 11 is 0.